The van der Waals surface area contributed by atoms with E-state index in [1.165, 1.54) is 6.26 Å². The summed E-state index contributed by atoms with van der Waals surface area (Å²) in [6.45, 7) is 4.83. The Balaban J connectivity index is 0.00000289. The number of carbonyl (C=O) groups excluding carboxylic acids is 1. The SMILES string of the molecule is CCC(CC)(CN)C(=O)N(C)Cc1ccon1.Cl. The third kappa shape index (κ3) is 3.46. The van der Waals surface area contributed by atoms with Gasteiger partial charge in [-0.3, -0.25) is 4.79 Å². The molecule has 0 unspecified atom stereocenters. The van der Waals surface area contributed by atoms with Crippen LogP contribution in [0.4, 0.5) is 0 Å². The van der Waals surface area contributed by atoms with Crippen LogP contribution in [0, 0.1) is 5.41 Å². The van der Waals surface area contributed by atoms with Crippen LogP contribution in [0.15, 0.2) is 16.9 Å². The highest BCUT2D eigenvalue weighted by Crippen LogP contribution is 2.27. The minimum absolute atomic E-state index is 0. The summed E-state index contributed by atoms with van der Waals surface area (Å²) in [4.78, 5) is 14.0. The number of carbonyl (C=O) groups is 1. The molecule has 1 aromatic rings. The van der Waals surface area contributed by atoms with Crippen molar-refractivity contribution in [2.45, 2.75) is 33.2 Å². The quantitative estimate of drug-likeness (QED) is 0.859. The minimum Gasteiger partial charge on any atom is -0.364 e. The lowest BCUT2D eigenvalue weighted by Crippen LogP contribution is -2.45. The van der Waals surface area contributed by atoms with Gasteiger partial charge in [-0.05, 0) is 12.8 Å². The first kappa shape index (κ1) is 16.9. The predicted octanol–water partition coefficient (Wildman–Crippen LogP) is 1.82. The van der Waals surface area contributed by atoms with Crippen molar-refractivity contribution in [1.29, 1.82) is 0 Å². The van der Waals surface area contributed by atoms with Gasteiger partial charge in [0.05, 0.1) is 12.0 Å². The van der Waals surface area contributed by atoms with E-state index in [4.69, 9.17) is 10.3 Å². The number of rotatable bonds is 6. The molecule has 6 heteroatoms. The van der Waals surface area contributed by atoms with Crippen LogP contribution in [-0.4, -0.2) is 29.6 Å². The Morgan fingerprint density at radius 2 is 2.11 bits per heavy atom. The van der Waals surface area contributed by atoms with Crippen molar-refractivity contribution in [1.82, 2.24) is 10.1 Å². The van der Waals surface area contributed by atoms with Gasteiger partial charge >= 0.3 is 0 Å². The topological polar surface area (TPSA) is 72.4 Å². The molecule has 0 radical (unpaired) electrons. The van der Waals surface area contributed by atoms with E-state index < -0.39 is 5.41 Å². The summed E-state index contributed by atoms with van der Waals surface area (Å²) in [5.74, 6) is 0.0769. The molecule has 0 saturated heterocycles. The van der Waals surface area contributed by atoms with Crippen molar-refractivity contribution in [2.24, 2.45) is 11.1 Å². The maximum atomic E-state index is 12.4. The first-order chi connectivity index (χ1) is 8.09. The molecule has 0 aromatic carbocycles. The summed E-state index contributed by atoms with van der Waals surface area (Å²) in [6.07, 6.45) is 3.01. The van der Waals surface area contributed by atoms with Crippen molar-refractivity contribution < 1.29 is 9.32 Å². The molecule has 0 aliphatic rings. The van der Waals surface area contributed by atoms with Crippen molar-refractivity contribution in [3.8, 4) is 0 Å². The summed E-state index contributed by atoms with van der Waals surface area (Å²) in [5.41, 5.74) is 6.06. The fourth-order valence-corrected chi connectivity index (χ4v) is 1.97. The number of halogens is 1. The van der Waals surface area contributed by atoms with E-state index in [1.54, 1.807) is 18.0 Å². The molecular formula is C12H22ClN3O2. The Morgan fingerprint density at radius 1 is 1.50 bits per heavy atom. The molecule has 0 atom stereocenters. The van der Waals surface area contributed by atoms with Gasteiger partial charge in [-0.2, -0.15) is 0 Å². The second kappa shape index (κ2) is 7.38. The molecule has 1 aromatic heterocycles. The normalized spacial score (nSPS) is 10.9. The van der Waals surface area contributed by atoms with E-state index >= 15 is 0 Å². The van der Waals surface area contributed by atoms with E-state index in [1.807, 2.05) is 13.8 Å². The minimum atomic E-state index is -0.446. The highest BCUT2D eigenvalue weighted by atomic mass is 35.5. The van der Waals surface area contributed by atoms with Crippen molar-refractivity contribution in [3.05, 3.63) is 18.0 Å². The molecule has 18 heavy (non-hydrogen) atoms. The molecular weight excluding hydrogens is 254 g/mol. The molecule has 1 heterocycles. The highest BCUT2D eigenvalue weighted by molar-refractivity contribution is 5.85. The van der Waals surface area contributed by atoms with Gasteiger partial charge in [-0.15, -0.1) is 12.4 Å². The van der Waals surface area contributed by atoms with Crippen LogP contribution in [0.2, 0.25) is 0 Å². The molecule has 0 fully saturated rings. The Labute approximate surface area is 114 Å². The Hall–Kier alpha value is -1.07. The summed E-state index contributed by atoms with van der Waals surface area (Å²) >= 11 is 0. The zero-order valence-corrected chi connectivity index (χ0v) is 12.0. The van der Waals surface area contributed by atoms with Crippen LogP contribution in [-0.2, 0) is 11.3 Å². The Morgan fingerprint density at radius 3 is 2.50 bits per heavy atom. The molecule has 0 aliphatic carbocycles. The second-order valence-corrected chi connectivity index (χ2v) is 4.34. The Bertz CT molecular complexity index is 342. The van der Waals surface area contributed by atoms with Gasteiger partial charge in [0.25, 0.3) is 0 Å². The first-order valence-electron chi connectivity index (χ1n) is 5.94. The zero-order valence-electron chi connectivity index (χ0n) is 11.2. The molecule has 104 valence electrons. The van der Waals surface area contributed by atoms with E-state index in [9.17, 15) is 4.79 Å². The molecule has 0 spiro atoms. The summed E-state index contributed by atoms with van der Waals surface area (Å²) in [6, 6.07) is 1.76. The number of aromatic nitrogens is 1. The van der Waals surface area contributed by atoms with Gasteiger partial charge in [0.2, 0.25) is 5.91 Å². The zero-order chi connectivity index (χ0) is 12.9. The molecule has 0 bridgehead atoms. The lowest BCUT2D eigenvalue weighted by molar-refractivity contribution is -0.141. The van der Waals surface area contributed by atoms with Gasteiger partial charge < -0.3 is 15.2 Å². The molecule has 5 nitrogen and oxygen atoms in total. The lowest BCUT2D eigenvalue weighted by Gasteiger charge is -2.32. The largest absolute Gasteiger partial charge is 0.364 e. The van der Waals surface area contributed by atoms with Crippen molar-refractivity contribution >= 4 is 18.3 Å². The van der Waals surface area contributed by atoms with E-state index in [2.05, 4.69) is 5.16 Å². The standard InChI is InChI=1S/C12H21N3O2.ClH/c1-4-12(5-2,9-13)11(16)15(3)8-10-6-7-17-14-10;/h6-7H,4-5,8-9,13H2,1-3H3;1H. The van der Waals surface area contributed by atoms with Gasteiger partial charge in [-0.25, -0.2) is 0 Å². The maximum absolute atomic E-state index is 12.4. The summed E-state index contributed by atoms with van der Waals surface area (Å²) in [5, 5.41) is 3.80. The predicted molar refractivity (Wildman–Crippen MR) is 72.3 cm³/mol. The van der Waals surface area contributed by atoms with Gasteiger partial charge in [0.15, 0.2) is 0 Å². The molecule has 2 N–H and O–H groups in total. The smallest absolute Gasteiger partial charge is 0.230 e. The van der Waals surface area contributed by atoms with E-state index in [-0.39, 0.29) is 18.3 Å². The number of nitrogens with two attached hydrogens (primary N) is 1. The van der Waals surface area contributed by atoms with Crippen molar-refractivity contribution in [2.75, 3.05) is 13.6 Å². The molecule has 1 rings (SSSR count). The maximum Gasteiger partial charge on any atom is 0.230 e. The van der Waals surface area contributed by atoms with Crippen LogP contribution in [0.25, 0.3) is 0 Å². The van der Waals surface area contributed by atoms with Crippen LogP contribution >= 0.6 is 12.4 Å². The summed E-state index contributed by atoms with van der Waals surface area (Å²) in [7, 11) is 1.77. The average Bonchev–Trinajstić information content (AvgIpc) is 2.84. The van der Waals surface area contributed by atoms with Crippen molar-refractivity contribution in [3.63, 3.8) is 0 Å². The monoisotopic (exact) mass is 275 g/mol. The van der Waals surface area contributed by atoms with Gasteiger partial charge in [0.1, 0.15) is 12.0 Å². The van der Waals surface area contributed by atoms with Gasteiger partial charge in [-0.1, -0.05) is 19.0 Å². The molecule has 0 saturated carbocycles. The summed E-state index contributed by atoms with van der Waals surface area (Å²) < 4.78 is 4.75. The fourth-order valence-electron chi connectivity index (χ4n) is 1.97. The van der Waals surface area contributed by atoms with Crippen LogP contribution < -0.4 is 5.73 Å². The molecule has 1 amide bonds. The van der Waals surface area contributed by atoms with Crippen LogP contribution in [0.5, 0.6) is 0 Å². The first-order valence-corrected chi connectivity index (χ1v) is 5.94. The average molecular weight is 276 g/mol. The van der Waals surface area contributed by atoms with E-state index in [0.717, 1.165) is 18.5 Å². The Kier molecular flexibility index (Phi) is 6.94. The van der Waals surface area contributed by atoms with Crippen LogP contribution in [0.1, 0.15) is 32.4 Å². The number of hydrogen-bond acceptors (Lipinski definition) is 4. The lowest BCUT2D eigenvalue weighted by atomic mass is 9.81. The number of hydrogen-bond donors (Lipinski definition) is 1. The molecule has 0 aliphatic heterocycles. The fraction of sp³-hybridized carbons (Fsp3) is 0.667. The number of nitrogens with zero attached hydrogens (tertiary/aromatic N) is 2. The van der Waals surface area contributed by atoms with Gasteiger partial charge in [0, 0.05) is 19.7 Å². The second-order valence-electron chi connectivity index (χ2n) is 4.34. The van der Waals surface area contributed by atoms with E-state index in [0.29, 0.717) is 13.1 Å². The third-order valence-corrected chi connectivity index (χ3v) is 3.44. The third-order valence-electron chi connectivity index (χ3n) is 3.44. The number of amides is 1. The van der Waals surface area contributed by atoms with Crippen LogP contribution in [0.3, 0.4) is 0 Å². The highest BCUT2D eigenvalue weighted by Gasteiger charge is 2.35.